The van der Waals surface area contributed by atoms with Crippen molar-refractivity contribution in [1.29, 1.82) is 0 Å². The maximum absolute atomic E-state index is 12.7. The summed E-state index contributed by atoms with van der Waals surface area (Å²) in [6, 6.07) is 21.6. The van der Waals surface area contributed by atoms with E-state index in [9.17, 15) is 4.79 Å². The van der Waals surface area contributed by atoms with Crippen molar-refractivity contribution in [2.75, 3.05) is 12.4 Å². The molecule has 1 amide bonds. The van der Waals surface area contributed by atoms with Crippen LogP contribution in [0.2, 0.25) is 0 Å². The molecule has 0 bridgehead atoms. The van der Waals surface area contributed by atoms with E-state index in [4.69, 9.17) is 0 Å². The summed E-state index contributed by atoms with van der Waals surface area (Å²) in [4.78, 5) is 22.9. The zero-order valence-corrected chi connectivity index (χ0v) is 15.0. The van der Waals surface area contributed by atoms with Crippen LogP contribution in [0.5, 0.6) is 0 Å². The lowest BCUT2D eigenvalue weighted by molar-refractivity contribution is 0.0779. The molecule has 1 heterocycles. The molecule has 0 radical (unpaired) electrons. The van der Waals surface area contributed by atoms with Crippen LogP contribution in [0.15, 0.2) is 72.9 Å². The monoisotopic (exact) mass is 346 g/mol. The van der Waals surface area contributed by atoms with Gasteiger partial charge in [0.1, 0.15) is 5.69 Å². The van der Waals surface area contributed by atoms with Crippen molar-refractivity contribution in [3.8, 4) is 0 Å². The van der Waals surface area contributed by atoms with E-state index in [1.165, 1.54) is 0 Å². The number of carbonyl (C=O) groups is 1. The summed E-state index contributed by atoms with van der Waals surface area (Å²) >= 11 is 0. The molecule has 1 N–H and O–H groups in total. The van der Waals surface area contributed by atoms with E-state index >= 15 is 0 Å². The number of amides is 1. The van der Waals surface area contributed by atoms with Gasteiger partial charge in [-0.2, -0.15) is 0 Å². The average Bonchev–Trinajstić information content (AvgIpc) is 2.69. The van der Waals surface area contributed by atoms with Crippen LogP contribution < -0.4 is 5.32 Å². The van der Waals surface area contributed by atoms with Gasteiger partial charge in [0, 0.05) is 19.8 Å². The SMILES string of the molecule is CC(Nc1nccc(C(=O)N(C)Cc2ccccc2)n1)c1ccccc1. The second-order valence-corrected chi connectivity index (χ2v) is 6.19. The Kier molecular flexibility index (Phi) is 5.59. The first-order chi connectivity index (χ1) is 12.6. The quantitative estimate of drug-likeness (QED) is 0.735. The summed E-state index contributed by atoms with van der Waals surface area (Å²) in [6.45, 7) is 2.57. The molecule has 26 heavy (non-hydrogen) atoms. The topological polar surface area (TPSA) is 58.1 Å². The van der Waals surface area contributed by atoms with Gasteiger partial charge in [0.2, 0.25) is 5.95 Å². The Balaban J connectivity index is 1.69. The van der Waals surface area contributed by atoms with E-state index in [2.05, 4.69) is 15.3 Å². The van der Waals surface area contributed by atoms with Crippen LogP contribution in [-0.4, -0.2) is 27.8 Å². The fourth-order valence-corrected chi connectivity index (χ4v) is 2.69. The van der Waals surface area contributed by atoms with E-state index in [-0.39, 0.29) is 11.9 Å². The highest BCUT2D eigenvalue weighted by Crippen LogP contribution is 2.16. The molecule has 1 unspecified atom stereocenters. The summed E-state index contributed by atoms with van der Waals surface area (Å²) in [6.07, 6.45) is 1.61. The number of nitrogens with one attached hydrogen (secondary N) is 1. The highest BCUT2D eigenvalue weighted by atomic mass is 16.2. The summed E-state index contributed by atoms with van der Waals surface area (Å²) in [5.74, 6) is 0.312. The van der Waals surface area contributed by atoms with Gasteiger partial charge in [0.25, 0.3) is 5.91 Å². The fourth-order valence-electron chi connectivity index (χ4n) is 2.69. The van der Waals surface area contributed by atoms with Crippen molar-refractivity contribution in [2.45, 2.75) is 19.5 Å². The number of hydrogen-bond acceptors (Lipinski definition) is 4. The second-order valence-electron chi connectivity index (χ2n) is 6.19. The number of rotatable bonds is 6. The summed E-state index contributed by atoms with van der Waals surface area (Å²) in [7, 11) is 1.77. The maximum atomic E-state index is 12.7. The average molecular weight is 346 g/mol. The minimum absolute atomic E-state index is 0.0450. The van der Waals surface area contributed by atoms with Crippen molar-refractivity contribution >= 4 is 11.9 Å². The predicted molar refractivity (Wildman–Crippen MR) is 103 cm³/mol. The summed E-state index contributed by atoms with van der Waals surface area (Å²) in [5.41, 5.74) is 2.59. The lowest BCUT2D eigenvalue weighted by atomic mass is 10.1. The van der Waals surface area contributed by atoms with Gasteiger partial charge in [-0.25, -0.2) is 9.97 Å². The lowest BCUT2D eigenvalue weighted by Gasteiger charge is -2.18. The van der Waals surface area contributed by atoms with Crippen molar-refractivity contribution in [2.24, 2.45) is 0 Å². The van der Waals surface area contributed by atoms with Crippen LogP contribution in [-0.2, 0) is 6.54 Å². The van der Waals surface area contributed by atoms with Gasteiger partial charge < -0.3 is 10.2 Å². The zero-order chi connectivity index (χ0) is 18.4. The van der Waals surface area contributed by atoms with Crippen LogP contribution in [0.25, 0.3) is 0 Å². The van der Waals surface area contributed by atoms with Crippen LogP contribution in [0, 0.1) is 0 Å². The van der Waals surface area contributed by atoms with E-state index in [1.54, 1.807) is 24.2 Å². The van der Waals surface area contributed by atoms with Gasteiger partial charge in [-0.3, -0.25) is 4.79 Å². The molecule has 0 saturated heterocycles. The maximum Gasteiger partial charge on any atom is 0.272 e. The van der Waals surface area contributed by atoms with Gasteiger partial charge in [-0.1, -0.05) is 60.7 Å². The van der Waals surface area contributed by atoms with Gasteiger partial charge in [-0.15, -0.1) is 0 Å². The Morgan fingerprint density at radius 2 is 1.69 bits per heavy atom. The van der Waals surface area contributed by atoms with Crippen LogP contribution in [0.3, 0.4) is 0 Å². The van der Waals surface area contributed by atoms with Crippen LogP contribution in [0.4, 0.5) is 5.95 Å². The molecule has 5 heteroatoms. The molecule has 132 valence electrons. The number of carbonyl (C=O) groups excluding carboxylic acids is 1. The third-order valence-corrected chi connectivity index (χ3v) is 4.13. The first-order valence-electron chi connectivity index (χ1n) is 8.57. The fraction of sp³-hybridized carbons (Fsp3) is 0.190. The van der Waals surface area contributed by atoms with E-state index in [0.29, 0.717) is 18.2 Å². The molecule has 0 fully saturated rings. The highest BCUT2D eigenvalue weighted by molar-refractivity contribution is 5.92. The normalized spacial score (nSPS) is 11.6. The zero-order valence-electron chi connectivity index (χ0n) is 15.0. The smallest absolute Gasteiger partial charge is 0.272 e. The van der Waals surface area contributed by atoms with Crippen molar-refractivity contribution in [3.05, 3.63) is 89.7 Å². The minimum Gasteiger partial charge on any atom is -0.348 e. The van der Waals surface area contributed by atoms with Crippen molar-refractivity contribution < 1.29 is 4.79 Å². The number of benzene rings is 2. The lowest BCUT2D eigenvalue weighted by Crippen LogP contribution is -2.27. The van der Waals surface area contributed by atoms with Gasteiger partial charge in [0.05, 0.1) is 6.04 Å². The van der Waals surface area contributed by atoms with Gasteiger partial charge >= 0.3 is 0 Å². The van der Waals surface area contributed by atoms with Crippen LogP contribution >= 0.6 is 0 Å². The molecule has 0 saturated carbocycles. The first-order valence-corrected chi connectivity index (χ1v) is 8.57. The molecule has 0 spiro atoms. The van der Waals surface area contributed by atoms with Crippen molar-refractivity contribution in [3.63, 3.8) is 0 Å². The molecular weight excluding hydrogens is 324 g/mol. The molecular formula is C21H22N4O. The van der Waals surface area contributed by atoms with E-state index < -0.39 is 0 Å². The molecule has 0 aliphatic heterocycles. The largest absolute Gasteiger partial charge is 0.348 e. The Morgan fingerprint density at radius 1 is 1.04 bits per heavy atom. The Bertz CT molecular complexity index is 852. The summed E-state index contributed by atoms with van der Waals surface area (Å²) in [5, 5.41) is 3.25. The number of nitrogens with zero attached hydrogens (tertiary/aromatic N) is 3. The third-order valence-electron chi connectivity index (χ3n) is 4.13. The number of anilines is 1. The minimum atomic E-state index is -0.133. The predicted octanol–water partition coefficient (Wildman–Crippen LogP) is 3.92. The molecule has 0 aliphatic carbocycles. The standard InChI is InChI=1S/C21H22N4O/c1-16(18-11-7-4-8-12-18)23-21-22-14-13-19(24-21)20(26)25(2)15-17-9-5-3-6-10-17/h3-14,16H,15H2,1-2H3,(H,22,23,24). The van der Waals surface area contributed by atoms with E-state index in [0.717, 1.165) is 11.1 Å². The van der Waals surface area contributed by atoms with Crippen molar-refractivity contribution in [1.82, 2.24) is 14.9 Å². The Morgan fingerprint density at radius 3 is 2.38 bits per heavy atom. The van der Waals surface area contributed by atoms with Gasteiger partial charge in [-0.05, 0) is 24.1 Å². The molecule has 1 aromatic heterocycles. The third kappa shape index (κ3) is 4.45. The Labute approximate surface area is 153 Å². The Hall–Kier alpha value is -3.21. The summed E-state index contributed by atoms with van der Waals surface area (Å²) < 4.78 is 0. The molecule has 3 rings (SSSR count). The number of hydrogen-bond donors (Lipinski definition) is 1. The molecule has 0 aliphatic rings. The molecule has 1 atom stereocenters. The molecule has 3 aromatic rings. The van der Waals surface area contributed by atoms with E-state index in [1.807, 2.05) is 67.6 Å². The van der Waals surface area contributed by atoms with Gasteiger partial charge in [0.15, 0.2) is 0 Å². The number of aromatic nitrogens is 2. The molecule has 5 nitrogen and oxygen atoms in total. The second kappa shape index (κ2) is 8.25. The first kappa shape index (κ1) is 17.6. The molecule has 2 aromatic carbocycles. The van der Waals surface area contributed by atoms with Crippen LogP contribution in [0.1, 0.15) is 34.6 Å². The highest BCUT2D eigenvalue weighted by Gasteiger charge is 2.15.